The molecule has 0 aliphatic heterocycles. The highest BCUT2D eigenvalue weighted by Gasteiger charge is 2.23. The van der Waals surface area contributed by atoms with Gasteiger partial charge in [-0.1, -0.05) is 152 Å². The second kappa shape index (κ2) is 11.1. The molecule has 2 aromatic heterocycles. The average Bonchev–Trinajstić information content (AvgIpc) is 3.59. The molecule has 0 unspecified atom stereocenters. The highest BCUT2D eigenvalue weighted by atomic mass is 32.1. The monoisotopic (exact) mass is 663 g/mol. The molecule has 11 rings (SSSR count). The molecular weight excluding hydrogens is 635 g/mol. The van der Waals surface area contributed by atoms with E-state index >= 15 is 0 Å². The van der Waals surface area contributed by atoms with Crippen molar-refractivity contribution in [2.24, 2.45) is 0 Å². The van der Waals surface area contributed by atoms with Gasteiger partial charge in [-0.25, -0.2) is 4.98 Å². The van der Waals surface area contributed by atoms with Crippen LogP contribution in [-0.2, 0) is 0 Å². The zero-order chi connectivity index (χ0) is 33.5. The molecule has 0 fully saturated rings. The van der Waals surface area contributed by atoms with Crippen LogP contribution in [0.25, 0.3) is 108 Å². The lowest BCUT2D eigenvalue weighted by atomic mass is 9.84. The lowest BCUT2D eigenvalue weighted by molar-refractivity contribution is 1.43. The normalized spacial score (nSPS) is 11.9. The molecule has 0 aliphatic rings. The predicted molar refractivity (Wildman–Crippen MR) is 221 cm³/mol. The minimum atomic E-state index is 1.02. The Morgan fingerprint density at radius 1 is 0.373 bits per heavy atom. The fourth-order valence-electron chi connectivity index (χ4n) is 8.41. The van der Waals surface area contributed by atoms with Crippen LogP contribution in [0.5, 0.6) is 0 Å². The van der Waals surface area contributed by atoms with Crippen molar-refractivity contribution in [2.75, 3.05) is 0 Å². The van der Waals surface area contributed by atoms with E-state index in [4.69, 9.17) is 4.98 Å². The third-order valence-corrected chi connectivity index (χ3v) is 11.8. The van der Waals surface area contributed by atoms with E-state index < -0.39 is 0 Å². The Balaban J connectivity index is 1.35. The number of rotatable bonds is 3. The van der Waals surface area contributed by atoms with Crippen molar-refractivity contribution in [1.29, 1.82) is 0 Å². The van der Waals surface area contributed by atoms with Crippen LogP contribution in [0, 0.1) is 0 Å². The Kier molecular flexibility index (Phi) is 6.19. The summed E-state index contributed by atoms with van der Waals surface area (Å²) in [6.45, 7) is 0. The molecule has 9 aromatic carbocycles. The lowest BCUT2D eigenvalue weighted by Gasteiger charge is -2.20. The number of thiophene rings is 1. The number of aromatic nitrogens is 1. The van der Waals surface area contributed by atoms with Gasteiger partial charge < -0.3 is 0 Å². The molecule has 236 valence electrons. The minimum absolute atomic E-state index is 1.02. The molecule has 0 amide bonds. The maximum absolute atomic E-state index is 5.39. The van der Waals surface area contributed by atoms with Crippen LogP contribution in [0.3, 0.4) is 0 Å². The van der Waals surface area contributed by atoms with Crippen LogP contribution in [0.4, 0.5) is 0 Å². The fourth-order valence-corrected chi connectivity index (χ4v) is 9.64. The van der Waals surface area contributed by atoms with Gasteiger partial charge in [-0.2, -0.15) is 0 Å². The Morgan fingerprint density at radius 3 is 1.71 bits per heavy atom. The van der Waals surface area contributed by atoms with Crippen LogP contribution in [0.15, 0.2) is 176 Å². The molecule has 2 heteroatoms. The molecule has 1 nitrogen and oxygen atoms in total. The van der Waals surface area contributed by atoms with Gasteiger partial charge in [0.2, 0.25) is 0 Å². The molecule has 2 heterocycles. The maximum Gasteiger partial charge on any atom is 0.0788 e. The third-order valence-electron chi connectivity index (χ3n) is 10.6. The number of fused-ring (bicyclic) bond motifs is 10. The smallest absolute Gasteiger partial charge is 0.0788 e. The van der Waals surface area contributed by atoms with Crippen molar-refractivity contribution in [1.82, 2.24) is 4.98 Å². The van der Waals surface area contributed by atoms with Gasteiger partial charge in [0, 0.05) is 47.5 Å². The van der Waals surface area contributed by atoms with Gasteiger partial charge in [0.1, 0.15) is 0 Å². The second-order valence-electron chi connectivity index (χ2n) is 13.4. The van der Waals surface area contributed by atoms with Crippen molar-refractivity contribution in [3.05, 3.63) is 176 Å². The molecular formula is C49H29NS. The number of pyridine rings is 1. The fraction of sp³-hybridized carbons (Fsp3) is 0. The van der Waals surface area contributed by atoms with Gasteiger partial charge in [-0.05, 0) is 73.3 Å². The average molecular weight is 664 g/mol. The van der Waals surface area contributed by atoms with E-state index in [0.29, 0.717) is 0 Å². The van der Waals surface area contributed by atoms with Crippen molar-refractivity contribution < 1.29 is 0 Å². The van der Waals surface area contributed by atoms with Gasteiger partial charge in [-0.15, -0.1) is 11.3 Å². The number of hydrogen-bond donors (Lipinski definition) is 0. The van der Waals surface area contributed by atoms with Crippen LogP contribution in [0.2, 0.25) is 0 Å². The van der Waals surface area contributed by atoms with Crippen LogP contribution in [0.1, 0.15) is 0 Å². The number of nitrogens with zero attached hydrogens (tertiary/aromatic N) is 1. The molecule has 51 heavy (non-hydrogen) atoms. The topological polar surface area (TPSA) is 12.9 Å². The van der Waals surface area contributed by atoms with E-state index in [1.165, 1.54) is 90.9 Å². The Bertz CT molecular complexity index is 3130. The molecule has 11 aromatic rings. The summed E-state index contributed by atoms with van der Waals surface area (Å²) in [6.07, 6.45) is 0. The summed E-state index contributed by atoms with van der Waals surface area (Å²) in [7, 11) is 0. The van der Waals surface area contributed by atoms with Gasteiger partial charge in [0.05, 0.1) is 11.2 Å². The third kappa shape index (κ3) is 4.24. The first-order chi connectivity index (χ1) is 25.3. The van der Waals surface area contributed by atoms with Gasteiger partial charge >= 0.3 is 0 Å². The maximum atomic E-state index is 5.39. The van der Waals surface area contributed by atoms with Gasteiger partial charge in [-0.3, -0.25) is 0 Å². The van der Waals surface area contributed by atoms with E-state index in [2.05, 4.69) is 176 Å². The van der Waals surface area contributed by atoms with Gasteiger partial charge in [0.15, 0.2) is 0 Å². The summed E-state index contributed by atoms with van der Waals surface area (Å²) in [6, 6.07) is 64.3. The summed E-state index contributed by atoms with van der Waals surface area (Å²) in [4.78, 5) is 5.39. The van der Waals surface area contributed by atoms with Crippen molar-refractivity contribution >= 4 is 85.5 Å². The minimum Gasteiger partial charge on any atom is -0.247 e. The lowest BCUT2D eigenvalue weighted by Crippen LogP contribution is -1.94. The highest BCUT2D eigenvalue weighted by molar-refractivity contribution is 7.26. The van der Waals surface area contributed by atoms with Crippen molar-refractivity contribution in [3.63, 3.8) is 0 Å². The zero-order valence-corrected chi connectivity index (χ0v) is 28.4. The van der Waals surface area contributed by atoms with E-state index in [1.54, 1.807) is 0 Å². The van der Waals surface area contributed by atoms with E-state index in [0.717, 1.165) is 16.8 Å². The summed E-state index contributed by atoms with van der Waals surface area (Å²) in [5.74, 6) is 0. The first kappa shape index (κ1) is 28.5. The molecule has 0 saturated heterocycles. The number of para-hydroxylation sites is 1. The van der Waals surface area contributed by atoms with Crippen LogP contribution >= 0.6 is 11.3 Å². The van der Waals surface area contributed by atoms with Crippen LogP contribution < -0.4 is 0 Å². The molecule has 0 saturated carbocycles. The zero-order valence-electron chi connectivity index (χ0n) is 27.6. The van der Waals surface area contributed by atoms with Crippen molar-refractivity contribution in [2.45, 2.75) is 0 Å². The van der Waals surface area contributed by atoms with E-state index in [9.17, 15) is 0 Å². The molecule has 0 radical (unpaired) electrons. The highest BCUT2D eigenvalue weighted by Crippen LogP contribution is 2.51. The molecule has 0 aliphatic carbocycles. The van der Waals surface area contributed by atoms with Crippen molar-refractivity contribution in [3.8, 4) is 33.5 Å². The van der Waals surface area contributed by atoms with E-state index in [-0.39, 0.29) is 0 Å². The summed E-state index contributed by atoms with van der Waals surface area (Å²) in [5.41, 5.74) is 8.20. The van der Waals surface area contributed by atoms with E-state index in [1.807, 2.05) is 11.3 Å². The molecule has 0 N–H and O–H groups in total. The largest absolute Gasteiger partial charge is 0.247 e. The Morgan fingerprint density at radius 2 is 0.961 bits per heavy atom. The van der Waals surface area contributed by atoms with Gasteiger partial charge in [0.25, 0.3) is 0 Å². The summed E-state index contributed by atoms with van der Waals surface area (Å²) >= 11 is 1.91. The Labute approximate surface area is 298 Å². The molecule has 0 bridgehead atoms. The summed E-state index contributed by atoms with van der Waals surface area (Å²) < 4.78 is 2.61. The number of hydrogen-bond acceptors (Lipinski definition) is 2. The number of benzene rings is 9. The predicted octanol–water partition coefficient (Wildman–Crippen LogP) is 14.2. The first-order valence-corrected chi connectivity index (χ1v) is 18.3. The quantitative estimate of drug-likeness (QED) is 0.135. The summed E-state index contributed by atoms with van der Waals surface area (Å²) in [5, 5.41) is 13.8. The SMILES string of the molecule is c1ccc(-c2nc3ccccc3c3c2cc(-c2c4ccccc4c(-c4ccc5ccccc5c4)c4ccccc24)c2sc4ccccc4c23)cc1. The molecule has 0 spiro atoms. The van der Waals surface area contributed by atoms with Crippen LogP contribution in [-0.4, -0.2) is 4.98 Å². The Hall–Kier alpha value is -6.35. The molecule has 0 atom stereocenters. The second-order valence-corrected chi connectivity index (χ2v) is 14.4. The standard InChI is InChI=1S/C49H29NS/c1-2-15-31(16-3-1)48-40-29-41(49-47(39-23-11-13-25-43(39)51-49)46(40)38-22-10-12-24-42(38)50-48)45-36-20-8-6-18-34(36)44(35-19-7-9-21-37(35)45)33-27-26-30-14-4-5-17-32(30)28-33/h1-29H. The first-order valence-electron chi connectivity index (χ1n) is 17.5.